The van der Waals surface area contributed by atoms with Crippen molar-refractivity contribution in [2.24, 2.45) is 0 Å². The first-order valence-electron chi connectivity index (χ1n) is 5.76. The Hall–Kier alpha value is -0.900. The van der Waals surface area contributed by atoms with Gasteiger partial charge in [0.15, 0.2) is 6.29 Å². The fourth-order valence-electron chi connectivity index (χ4n) is 1.96. The van der Waals surface area contributed by atoms with E-state index in [2.05, 4.69) is 36.5 Å². The Balaban J connectivity index is 2.00. The minimum absolute atomic E-state index is 0.0567. The molecule has 1 aromatic carbocycles. The quantitative estimate of drug-likeness (QED) is 0.843. The molecule has 0 saturated carbocycles. The predicted octanol–water partition coefficient (Wildman–Crippen LogP) is 2.02. The Morgan fingerprint density at radius 3 is 2.44 bits per heavy atom. The van der Waals surface area contributed by atoms with Crippen molar-refractivity contribution in [2.45, 2.75) is 25.7 Å². The molecule has 0 aromatic heterocycles. The van der Waals surface area contributed by atoms with Crippen molar-refractivity contribution in [2.75, 3.05) is 20.3 Å². The van der Waals surface area contributed by atoms with Gasteiger partial charge in [-0.25, -0.2) is 0 Å². The van der Waals surface area contributed by atoms with E-state index in [9.17, 15) is 0 Å². The van der Waals surface area contributed by atoms with Crippen LogP contribution in [0.1, 0.15) is 23.6 Å². The summed E-state index contributed by atoms with van der Waals surface area (Å²) in [4.78, 5) is 0. The van der Waals surface area contributed by atoms with Gasteiger partial charge in [-0.15, -0.1) is 0 Å². The van der Waals surface area contributed by atoms with Gasteiger partial charge in [0.2, 0.25) is 0 Å². The van der Waals surface area contributed by atoms with Crippen molar-refractivity contribution in [1.29, 1.82) is 0 Å². The fraction of sp³-hybridized carbons (Fsp3) is 0.538. The van der Waals surface area contributed by atoms with Gasteiger partial charge in [-0.2, -0.15) is 0 Å². The Morgan fingerprint density at radius 2 is 1.88 bits per heavy atom. The molecule has 0 bridgehead atoms. The van der Waals surface area contributed by atoms with Crippen LogP contribution < -0.4 is 5.32 Å². The van der Waals surface area contributed by atoms with Crippen LogP contribution in [0.4, 0.5) is 0 Å². The van der Waals surface area contributed by atoms with Crippen molar-refractivity contribution in [1.82, 2.24) is 5.32 Å². The first-order valence-corrected chi connectivity index (χ1v) is 5.76. The van der Waals surface area contributed by atoms with Crippen LogP contribution in [-0.4, -0.2) is 26.6 Å². The van der Waals surface area contributed by atoms with Crippen LogP contribution in [0.15, 0.2) is 24.3 Å². The molecule has 2 rings (SSSR count). The van der Waals surface area contributed by atoms with Gasteiger partial charge in [0.25, 0.3) is 0 Å². The summed E-state index contributed by atoms with van der Waals surface area (Å²) in [6, 6.07) is 8.88. The Bertz CT molecular complexity index is 317. The highest BCUT2D eigenvalue weighted by molar-refractivity contribution is 5.24. The molecule has 1 aliphatic heterocycles. The van der Waals surface area contributed by atoms with Crippen molar-refractivity contribution >= 4 is 0 Å². The van der Waals surface area contributed by atoms with E-state index in [0.717, 1.165) is 19.6 Å². The summed E-state index contributed by atoms with van der Waals surface area (Å²) in [6.45, 7) is 3.53. The SMILES string of the molecule is CNC(CC1OCCO1)c1ccc(C)cc1. The topological polar surface area (TPSA) is 30.5 Å². The second kappa shape index (κ2) is 5.43. The van der Waals surface area contributed by atoms with E-state index >= 15 is 0 Å². The molecule has 0 aliphatic carbocycles. The zero-order chi connectivity index (χ0) is 11.4. The fourth-order valence-corrected chi connectivity index (χ4v) is 1.96. The van der Waals surface area contributed by atoms with Crippen LogP contribution in [0.3, 0.4) is 0 Å². The summed E-state index contributed by atoms with van der Waals surface area (Å²) in [7, 11) is 1.97. The normalized spacial score (nSPS) is 18.9. The van der Waals surface area contributed by atoms with Gasteiger partial charge in [-0.3, -0.25) is 0 Å². The molecule has 3 heteroatoms. The van der Waals surface area contributed by atoms with Crippen molar-refractivity contribution in [3.8, 4) is 0 Å². The third kappa shape index (κ3) is 2.82. The minimum Gasteiger partial charge on any atom is -0.350 e. The maximum atomic E-state index is 5.47. The molecule has 0 spiro atoms. The number of hydrogen-bond acceptors (Lipinski definition) is 3. The van der Waals surface area contributed by atoms with Crippen LogP contribution in [0.25, 0.3) is 0 Å². The lowest BCUT2D eigenvalue weighted by Gasteiger charge is -2.19. The highest BCUT2D eigenvalue weighted by Crippen LogP contribution is 2.22. The highest BCUT2D eigenvalue weighted by atomic mass is 16.7. The lowest BCUT2D eigenvalue weighted by Crippen LogP contribution is -2.22. The van der Waals surface area contributed by atoms with E-state index < -0.39 is 0 Å². The van der Waals surface area contributed by atoms with Gasteiger partial charge in [-0.1, -0.05) is 29.8 Å². The maximum Gasteiger partial charge on any atom is 0.159 e. The van der Waals surface area contributed by atoms with Crippen LogP contribution in [0.2, 0.25) is 0 Å². The van der Waals surface area contributed by atoms with Gasteiger partial charge in [-0.05, 0) is 19.5 Å². The molecule has 1 N–H and O–H groups in total. The molecule has 16 heavy (non-hydrogen) atoms. The summed E-state index contributed by atoms with van der Waals surface area (Å²) >= 11 is 0. The summed E-state index contributed by atoms with van der Waals surface area (Å²) in [5, 5.41) is 3.30. The zero-order valence-corrected chi connectivity index (χ0v) is 9.90. The van der Waals surface area contributed by atoms with Crippen LogP contribution in [0, 0.1) is 6.92 Å². The molecule has 1 saturated heterocycles. The first-order chi connectivity index (χ1) is 7.79. The molecular weight excluding hydrogens is 202 g/mol. The number of benzene rings is 1. The zero-order valence-electron chi connectivity index (χ0n) is 9.90. The summed E-state index contributed by atoms with van der Waals surface area (Å²) in [5.74, 6) is 0. The largest absolute Gasteiger partial charge is 0.350 e. The molecule has 1 atom stereocenters. The minimum atomic E-state index is -0.0567. The monoisotopic (exact) mass is 221 g/mol. The number of aryl methyl sites for hydroxylation is 1. The van der Waals surface area contributed by atoms with Gasteiger partial charge < -0.3 is 14.8 Å². The number of ether oxygens (including phenoxy) is 2. The van der Waals surface area contributed by atoms with Crippen LogP contribution in [0.5, 0.6) is 0 Å². The molecule has 3 nitrogen and oxygen atoms in total. The maximum absolute atomic E-state index is 5.47. The standard InChI is InChI=1S/C13H19NO2/c1-10-3-5-11(6-4-10)12(14-2)9-13-15-7-8-16-13/h3-6,12-14H,7-9H2,1-2H3. The second-order valence-electron chi connectivity index (χ2n) is 4.16. The van der Waals surface area contributed by atoms with E-state index in [1.807, 2.05) is 7.05 Å². The molecule has 1 aliphatic rings. The summed E-state index contributed by atoms with van der Waals surface area (Å²) in [6.07, 6.45) is 0.804. The van der Waals surface area contributed by atoms with E-state index in [4.69, 9.17) is 9.47 Å². The van der Waals surface area contributed by atoms with Gasteiger partial charge >= 0.3 is 0 Å². The van der Waals surface area contributed by atoms with E-state index in [0.29, 0.717) is 6.04 Å². The summed E-state index contributed by atoms with van der Waals surface area (Å²) in [5.41, 5.74) is 2.57. The predicted molar refractivity (Wildman–Crippen MR) is 63.3 cm³/mol. The third-order valence-electron chi connectivity index (χ3n) is 2.95. The molecule has 1 heterocycles. The average molecular weight is 221 g/mol. The Morgan fingerprint density at radius 1 is 1.25 bits per heavy atom. The molecular formula is C13H19NO2. The Kier molecular flexibility index (Phi) is 3.93. The Labute approximate surface area is 96.8 Å². The highest BCUT2D eigenvalue weighted by Gasteiger charge is 2.21. The first kappa shape index (κ1) is 11.6. The van der Waals surface area contributed by atoms with Gasteiger partial charge in [0.1, 0.15) is 0 Å². The average Bonchev–Trinajstić information content (AvgIpc) is 2.80. The van der Waals surface area contributed by atoms with Crippen molar-refractivity contribution in [3.05, 3.63) is 35.4 Å². The molecule has 1 aromatic rings. The van der Waals surface area contributed by atoms with Crippen molar-refractivity contribution < 1.29 is 9.47 Å². The van der Waals surface area contributed by atoms with E-state index in [-0.39, 0.29) is 6.29 Å². The summed E-state index contributed by atoms with van der Waals surface area (Å²) < 4.78 is 10.9. The van der Waals surface area contributed by atoms with Gasteiger partial charge in [0.05, 0.1) is 13.2 Å². The molecule has 1 unspecified atom stereocenters. The van der Waals surface area contributed by atoms with Crippen LogP contribution in [-0.2, 0) is 9.47 Å². The lowest BCUT2D eigenvalue weighted by atomic mass is 10.0. The lowest BCUT2D eigenvalue weighted by molar-refractivity contribution is -0.0526. The molecule has 1 fully saturated rings. The van der Waals surface area contributed by atoms with Crippen LogP contribution >= 0.6 is 0 Å². The second-order valence-corrected chi connectivity index (χ2v) is 4.16. The third-order valence-corrected chi connectivity index (χ3v) is 2.95. The molecule has 0 radical (unpaired) electrons. The van der Waals surface area contributed by atoms with Crippen molar-refractivity contribution in [3.63, 3.8) is 0 Å². The van der Waals surface area contributed by atoms with Gasteiger partial charge in [0, 0.05) is 12.5 Å². The van der Waals surface area contributed by atoms with E-state index in [1.54, 1.807) is 0 Å². The molecule has 88 valence electrons. The number of rotatable bonds is 4. The van der Waals surface area contributed by atoms with E-state index in [1.165, 1.54) is 11.1 Å². The molecule has 0 amide bonds. The number of hydrogen-bond donors (Lipinski definition) is 1. The smallest absolute Gasteiger partial charge is 0.159 e. The number of nitrogens with one attached hydrogen (secondary N) is 1.